The third-order valence-electron chi connectivity index (χ3n) is 7.55. The molecule has 2 amide bonds. The zero-order valence-corrected chi connectivity index (χ0v) is 25.3. The van der Waals surface area contributed by atoms with Crippen molar-refractivity contribution in [2.24, 2.45) is 13.0 Å². The molecule has 258 valence electrons. The van der Waals surface area contributed by atoms with Crippen LogP contribution in [0.1, 0.15) is 61.0 Å². The van der Waals surface area contributed by atoms with Gasteiger partial charge in [-0.25, -0.2) is 18.2 Å². The molecule has 0 saturated heterocycles. The van der Waals surface area contributed by atoms with Gasteiger partial charge >= 0.3 is 12.4 Å². The lowest BCUT2D eigenvalue weighted by molar-refractivity contribution is -0.182. The number of imidazole rings is 1. The molecule has 1 saturated carbocycles. The van der Waals surface area contributed by atoms with Crippen LogP contribution in [-0.2, 0) is 24.6 Å². The van der Waals surface area contributed by atoms with E-state index in [9.17, 15) is 49.1 Å². The van der Waals surface area contributed by atoms with Crippen molar-refractivity contribution in [2.45, 2.75) is 76.6 Å². The molecular weight excluding hydrogens is 651 g/mol. The number of benzene rings is 1. The number of hydrogen-bond acceptors (Lipinski definition) is 6. The van der Waals surface area contributed by atoms with Gasteiger partial charge < -0.3 is 20.7 Å². The number of nitrogens with zero attached hydrogens (tertiary/aromatic N) is 3. The first kappa shape index (κ1) is 35.6. The maximum atomic E-state index is 13.9. The van der Waals surface area contributed by atoms with Gasteiger partial charge in [-0.1, -0.05) is 6.07 Å². The van der Waals surface area contributed by atoms with Crippen molar-refractivity contribution in [1.82, 2.24) is 25.2 Å². The molecule has 0 aliphatic heterocycles. The summed E-state index contributed by atoms with van der Waals surface area (Å²) in [5, 5.41) is 7.42. The summed E-state index contributed by atoms with van der Waals surface area (Å²) in [6.45, 7) is 0.577. The Morgan fingerprint density at radius 2 is 1.66 bits per heavy atom. The molecule has 18 heteroatoms. The van der Waals surface area contributed by atoms with Crippen molar-refractivity contribution in [3.63, 3.8) is 0 Å². The monoisotopic (exact) mass is 682 g/mol. The van der Waals surface area contributed by atoms with Crippen LogP contribution in [0.25, 0.3) is 11.2 Å². The van der Waals surface area contributed by atoms with Crippen LogP contribution in [0.5, 0.6) is 5.88 Å². The molecule has 9 nitrogen and oxygen atoms in total. The van der Waals surface area contributed by atoms with Gasteiger partial charge in [-0.2, -0.15) is 31.3 Å². The predicted molar refractivity (Wildman–Crippen MR) is 151 cm³/mol. The van der Waals surface area contributed by atoms with Crippen LogP contribution in [0, 0.1) is 5.92 Å². The summed E-state index contributed by atoms with van der Waals surface area (Å²) >= 11 is 0. The molecule has 1 aliphatic carbocycles. The second-order valence-corrected chi connectivity index (χ2v) is 11.6. The van der Waals surface area contributed by atoms with Crippen LogP contribution < -0.4 is 20.7 Å². The number of amides is 2. The van der Waals surface area contributed by atoms with Gasteiger partial charge in [0.1, 0.15) is 11.1 Å². The SMILES string of the molecule is Cn1c(Nc2cc(CNC(=O)C(C)(C)F)ccc2C(F)(F)F)nc2cc(C(=O)NC3CCC(C(F)(F)F)CC3)c(OCC(F)F)nc21. The van der Waals surface area contributed by atoms with E-state index in [0.717, 1.165) is 38.1 Å². The van der Waals surface area contributed by atoms with E-state index in [2.05, 4.69) is 25.9 Å². The molecule has 1 aliphatic rings. The molecule has 2 aromatic heterocycles. The lowest BCUT2D eigenvalue weighted by atomic mass is 9.85. The van der Waals surface area contributed by atoms with E-state index < -0.39 is 72.0 Å². The highest BCUT2D eigenvalue weighted by Gasteiger charge is 2.42. The number of ether oxygens (including phenoxy) is 1. The second kappa shape index (κ2) is 13.5. The van der Waals surface area contributed by atoms with Crippen LogP contribution in [-0.4, -0.2) is 57.3 Å². The van der Waals surface area contributed by atoms with Crippen LogP contribution in [0.4, 0.5) is 51.1 Å². The zero-order chi connectivity index (χ0) is 34.9. The first-order valence-corrected chi connectivity index (χ1v) is 14.3. The lowest BCUT2D eigenvalue weighted by Gasteiger charge is -2.30. The Morgan fingerprint density at radius 3 is 2.23 bits per heavy atom. The van der Waals surface area contributed by atoms with Crippen molar-refractivity contribution < 1.29 is 53.8 Å². The smallest absolute Gasteiger partial charge is 0.418 e. The van der Waals surface area contributed by atoms with Crippen LogP contribution in [0.3, 0.4) is 0 Å². The highest BCUT2D eigenvalue weighted by molar-refractivity contribution is 5.99. The highest BCUT2D eigenvalue weighted by atomic mass is 19.4. The van der Waals surface area contributed by atoms with Gasteiger partial charge in [0.05, 0.1) is 17.2 Å². The van der Waals surface area contributed by atoms with Crippen molar-refractivity contribution >= 4 is 34.6 Å². The fraction of sp³-hybridized carbons (Fsp3) is 0.517. The Labute approximate surface area is 262 Å². The van der Waals surface area contributed by atoms with Crippen LogP contribution in [0.15, 0.2) is 24.3 Å². The number of anilines is 2. The summed E-state index contributed by atoms with van der Waals surface area (Å²) in [4.78, 5) is 33.4. The molecule has 3 N–H and O–H groups in total. The number of fused-ring (bicyclic) bond motifs is 1. The maximum absolute atomic E-state index is 13.9. The third kappa shape index (κ3) is 8.77. The fourth-order valence-corrected chi connectivity index (χ4v) is 5.01. The van der Waals surface area contributed by atoms with E-state index in [4.69, 9.17) is 4.74 Å². The quantitative estimate of drug-likeness (QED) is 0.208. The van der Waals surface area contributed by atoms with E-state index >= 15 is 0 Å². The minimum Gasteiger partial charge on any atom is -0.471 e. The van der Waals surface area contributed by atoms with Gasteiger partial charge in [-0.05, 0) is 63.3 Å². The Hall–Kier alpha value is -4.25. The number of aromatic nitrogens is 3. The summed E-state index contributed by atoms with van der Waals surface area (Å²) in [5.41, 5.74) is -4.13. The molecule has 3 aromatic rings. The largest absolute Gasteiger partial charge is 0.471 e. The van der Waals surface area contributed by atoms with Gasteiger partial charge in [0, 0.05) is 19.6 Å². The summed E-state index contributed by atoms with van der Waals surface area (Å²) in [6, 6.07) is 3.41. The number of nitrogens with one attached hydrogen (secondary N) is 3. The second-order valence-electron chi connectivity index (χ2n) is 11.6. The Bertz CT molecular complexity index is 1610. The van der Waals surface area contributed by atoms with Crippen molar-refractivity contribution in [2.75, 3.05) is 11.9 Å². The molecular formula is C29H31F9N6O3. The number of pyridine rings is 1. The van der Waals surface area contributed by atoms with Crippen LogP contribution in [0.2, 0.25) is 0 Å². The number of carbonyl (C=O) groups is 2. The van der Waals surface area contributed by atoms with Gasteiger partial charge in [0.2, 0.25) is 11.8 Å². The minimum atomic E-state index is -4.84. The molecule has 0 unspecified atom stereocenters. The summed E-state index contributed by atoms with van der Waals surface area (Å²) in [7, 11) is 1.35. The molecule has 1 aromatic carbocycles. The Kier molecular flexibility index (Phi) is 10.2. The lowest BCUT2D eigenvalue weighted by Crippen LogP contribution is -2.40. The molecule has 47 heavy (non-hydrogen) atoms. The van der Waals surface area contributed by atoms with E-state index in [-0.39, 0.29) is 60.5 Å². The van der Waals surface area contributed by atoms with E-state index in [1.807, 2.05) is 0 Å². The van der Waals surface area contributed by atoms with Gasteiger partial charge in [0.15, 0.2) is 17.9 Å². The zero-order valence-electron chi connectivity index (χ0n) is 25.3. The maximum Gasteiger partial charge on any atom is 0.418 e. The summed E-state index contributed by atoms with van der Waals surface area (Å²) in [6.07, 6.45) is -12.5. The van der Waals surface area contributed by atoms with Crippen LogP contribution >= 0.6 is 0 Å². The number of alkyl halides is 9. The first-order chi connectivity index (χ1) is 21.7. The summed E-state index contributed by atoms with van der Waals surface area (Å²) in [5.74, 6) is -4.11. The molecule has 0 bridgehead atoms. The molecule has 0 spiro atoms. The molecule has 0 atom stereocenters. The van der Waals surface area contributed by atoms with Gasteiger partial charge in [-0.3, -0.25) is 14.2 Å². The molecule has 4 rings (SSSR count). The fourth-order valence-electron chi connectivity index (χ4n) is 5.01. The number of carbonyl (C=O) groups excluding carboxylic acids is 2. The van der Waals surface area contributed by atoms with Crippen molar-refractivity contribution in [3.8, 4) is 5.88 Å². The highest BCUT2D eigenvalue weighted by Crippen LogP contribution is 2.39. The normalized spacial score (nSPS) is 17.6. The Morgan fingerprint density at radius 1 is 1.00 bits per heavy atom. The first-order valence-electron chi connectivity index (χ1n) is 14.3. The topological polar surface area (TPSA) is 110 Å². The number of hydrogen-bond donors (Lipinski definition) is 3. The Balaban J connectivity index is 1.65. The van der Waals surface area contributed by atoms with E-state index in [0.29, 0.717) is 0 Å². The van der Waals surface area contributed by atoms with Crippen molar-refractivity contribution in [1.29, 1.82) is 0 Å². The number of halogens is 9. The predicted octanol–water partition coefficient (Wildman–Crippen LogP) is 6.59. The minimum absolute atomic E-state index is 0.0201. The number of aryl methyl sites for hydroxylation is 1. The average molecular weight is 683 g/mol. The van der Waals surface area contributed by atoms with Gasteiger partial charge in [0.25, 0.3) is 18.2 Å². The molecule has 0 radical (unpaired) electrons. The molecule has 2 heterocycles. The van der Waals surface area contributed by atoms with Crippen molar-refractivity contribution in [3.05, 3.63) is 41.0 Å². The van der Waals surface area contributed by atoms with Gasteiger partial charge in [-0.15, -0.1) is 0 Å². The molecule has 1 fully saturated rings. The number of rotatable bonds is 10. The summed E-state index contributed by atoms with van der Waals surface area (Å²) < 4.78 is 127. The van der Waals surface area contributed by atoms with E-state index in [1.165, 1.54) is 11.6 Å². The van der Waals surface area contributed by atoms with E-state index in [1.54, 1.807) is 0 Å². The standard InChI is InChI=1S/C29H31F9N6O3/c1-27(2,32)25(46)39-12-14-4-9-18(29(36,37)38)19(10-14)41-26-42-20-11-17(24(47-13-21(30)31)43-22(20)44(26)3)23(45)40-16-7-5-15(6-8-16)28(33,34)35/h4,9-11,15-16,21H,5-8,12-13H2,1-3H3,(H,39,46)(H,40,45)(H,41,42). The third-order valence-corrected chi connectivity index (χ3v) is 7.55. The average Bonchev–Trinajstić information content (AvgIpc) is 3.26.